The summed E-state index contributed by atoms with van der Waals surface area (Å²) >= 11 is 0. The highest BCUT2D eigenvalue weighted by atomic mass is 35.5. The number of rotatable bonds is 4. The summed E-state index contributed by atoms with van der Waals surface area (Å²) in [4.78, 5) is 14.4. The van der Waals surface area contributed by atoms with Gasteiger partial charge in [0.15, 0.2) is 0 Å². The van der Waals surface area contributed by atoms with Crippen molar-refractivity contribution in [1.82, 2.24) is 10.3 Å². The number of nitrogens with zero attached hydrogens (tertiary/aromatic N) is 1. The average molecular weight is 217 g/mol. The second-order valence-corrected chi connectivity index (χ2v) is 2.75. The summed E-state index contributed by atoms with van der Waals surface area (Å²) in [5.41, 5.74) is 0.851. The van der Waals surface area contributed by atoms with E-state index in [1.165, 1.54) is 0 Å². The highest BCUT2D eigenvalue weighted by Gasteiger charge is 2.06. The van der Waals surface area contributed by atoms with E-state index in [9.17, 15) is 4.79 Å². The van der Waals surface area contributed by atoms with Crippen molar-refractivity contribution in [1.29, 1.82) is 0 Å². The van der Waals surface area contributed by atoms with Crippen LogP contribution in [0.5, 0.6) is 0 Å². The molecule has 0 saturated carbocycles. The standard InChI is InChI=1S/C9H12N2O2.ClH/c1-7(11-6-9(12)13)8-4-2-3-5-10-8;/h2-5,7,11H,6H2,1H3,(H,12,13);1H/t7-;/m1./s1. The molecule has 0 saturated heterocycles. The van der Waals surface area contributed by atoms with Crippen molar-refractivity contribution < 1.29 is 9.90 Å². The van der Waals surface area contributed by atoms with Gasteiger partial charge in [0, 0.05) is 12.2 Å². The molecule has 0 amide bonds. The maximum absolute atomic E-state index is 10.3. The van der Waals surface area contributed by atoms with E-state index in [2.05, 4.69) is 10.3 Å². The molecule has 0 aliphatic heterocycles. The molecule has 4 nitrogen and oxygen atoms in total. The first-order valence-electron chi connectivity index (χ1n) is 4.06. The third-order valence-corrected chi connectivity index (χ3v) is 1.69. The van der Waals surface area contributed by atoms with Crippen LogP contribution in [0.25, 0.3) is 0 Å². The van der Waals surface area contributed by atoms with Gasteiger partial charge in [-0.3, -0.25) is 15.1 Å². The van der Waals surface area contributed by atoms with E-state index in [1.54, 1.807) is 6.20 Å². The summed E-state index contributed by atoms with van der Waals surface area (Å²) in [5.74, 6) is -0.859. The molecule has 0 aromatic carbocycles. The first kappa shape index (κ1) is 12.9. The fourth-order valence-corrected chi connectivity index (χ4v) is 0.977. The molecule has 0 aliphatic carbocycles. The van der Waals surface area contributed by atoms with E-state index in [1.807, 2.05) is 25.1 Å². The number of aliphatic carboxylic acids is 1. The van der Waals surface area contributed by atoms with Crippen LogP contribution < -0.4 is 5.32 Å². The summed E-state index contributed by atoms with van der Waals surface area (Å²) in [6, 6.07) is 5.53. The smallest absolute Gasteiger partial charge is 0.317 e. The van der Waals surface area contributed by atoms with E-state index in [0.717, 1.165) is 5.69 Å². The van der Waals surface area contributed by atoms with Gasteiger partial charge in [0.25, 0.3) is 0 Å². The molecule has 1 atom stereocenters. The van der Waals surface area contributed by atoms with Crippen LogP contribution in [0.1, 0.15) is 18.7 Å². The Kier molecular flexibility index (Phi) is 5.83. The maximum atomic E-state index is 10.3. The Bertz CT molecular complexity index is 279. The minimum atomic E-state index is -0.859. The lowest BCUT2D eigenvalue weighted by Gasteiger charge is -2.10. The Morgan fingerprint density at radius 1 is 1.64 bits per heavy atom. The fraction of sp³-hybridized carbons (Fsp3) is 0.333. The van der Waals surface area contributed by atoms with E-state index >= 15 is 0 Å². The first-order valence-corrected chi connectivity index (χ1v) is 4.06. The summed E-state index contributed by atoms with van der Waals surface area (Å²) in [6.45, 7) is 1.84. The van der Waals surface area contributed by atoms with E-state index < -0.39 is 5.97 Å². The van der Waals surface area contributed by atoms with E-state index in [0.29, 0.717) is 0 Å². The van der Waals surface area contributed by atoms with Gasteiger partial charge in [-0.2, -0.15) is 0 Å². The van der Waals surface area contributed by atoms with Gasteiger partial charge in [-0.1, -0.05) is 6.07 Å². The number of carboxylic acid groups (broad SMARTS) is 1. The van der Waals surface area contributed by atoms with Crippen LogP contribution in [0, 0.1) is 0 Å². The molecule has 14 heavy (non-hydrogen) atoms. The lowest BCUT2D eigenvalue weighted by molar-refractivity contribution is -0.136. The highest BCUT2D eigenvalue weighted by Crippen LogP contribution is 2.06. The molecule has 1 rings (SSSR count). The van der Waals surface area contributed by atoms with Gasteiger partial charge in [0.05, 0.1) is 12.2 Å². The summed E-state index contributed by atoms with van der Waals surface area (Å²) in [6.07, 6.45) is 1.69. The molecule has 0 spiro atoms. The minimum absolute atomic E-state index is 0. The highest BCUT2D eigenvalue weighted by molar-refractivity contribution is 5.85. The molecule has 0 radical (unpaired) electrons. The molecule has 1 aromatic rings. The van der Waals surface area contributed by atoms with Crippen LogP contribution in [-0.4, -0.2) is 22.6 Å². The molecule has 0 unspecified atom stereocenters. The van der Waals surface area contributed by atoms with Crippen LogP contribution in [0.2, 0.25) is 0 Å². The van der Waals surface area contributed by atoms with Crippen LogP contribution in [0.15, 0.2) is 24.4 Å². The van der Waals surface area contributed by atoms with Gasteiger partial charge in [-0.25, -0.2) is 0 Å². The summed E-state index contributed by atoms with van der Waals surface area (Å²) in [7, 11) is 0. The number of aromatic nitrogens is 1. The summed E-state index contributed by atoms with van der Waals surface area (Å²) in [5, 5.41) is 11.3. The zero-order valence-corrected chi connectivity index (χ0v) is 8.62. The molecule has 1 aromatic heterocycles. The van der Waals surface area contributed by atoms with Crippen LogP contribution in [-0.2, 0) is 4.79 Å². The molecular formula is C9H13ClN2O2. The Morgan fingerprint density at radius 2 is 2.36 bits per heavy atom. The zero-order chi connectivity index (χ0) is 9.68. The molecule has 78 valence electrons. The van der Waals surface area contributed by atoms with Crippen LogP contribution in [0.4, 0.5) is 0 Å². The Labute approximate surface area is 88.8 Å². The van der Waals surface area contributed by atoms with Gasteiger partial charge in [-0.15, -0.1) is 12.4 Å². The number of halogens is 1. The molecule has 5 heteroatoms. The molecule has 2 N–H and O–H groups in total. The van der Waals surface area contributed by atoms with Gasteiger partial charge >= 0.3 is 5.97 Å². The van der Waals surface area contributed by atoms with Gasteiger partial charge < -0.3 is 5.11 Å². The summed E-state index contributed by atoms with van der Waals surface area (Å²) < 4.78 is 0. The largest absolute Gasteiger partial charge is 0.480 e. The van der Waals surface area contributed by atoms with Crippen molar-refractivity contribution in [3.8, 4) is 0 Å². The van der Waals surface area contributed by atoms with E-state index in [4.69, 9.17) is 5.11 Å². The van der Waals surface area contributed by atoms with Gasteiger partial charge in [0.2, 0.25) is 0 Å². The Morgan fingerprint density at radius 3 is 2.86 bits per heavy atom. The third kappa shape index (κ3) is 4.20. The molecule has 0 fully saturated rings. The topological polar surface area (TPSA) is 62.2 Å². The van der Waals surface area contributed by atoms with Crippen molar-refractivity contribution >= 4 is 18.4 Å². The zero-order valence-electron chi connectivity index (χ0n) is 7.80. The number of nitrogens with one attached hydrogen (secondary N) is 1. The van der Waals surface area contributed by atoms with Gasteiger partial charge in [0.1, 0.15) is 0 Å². The lowest BCUT2D eigenvalue weighted by Crippen LogP contribution is -2.26. The number of hydrogen-bond acceptors (Lipinski definition) is 3. The predicted molar refractivity (Wildman–Crippen MR) is 55.5 cm³/mol. The van der Waals surface area contributed by atoms with Crippen molar-refractivity contribution in [3.63, 3.8) is 0 Å². The quantitative estimate of drug-likeness (QED) is 0.795. The number of pyridine rings is 1. The Hall–Kier alpha value is -1.13. The predicted octanol–water partition coefficient (Wildman–Crippen LogP) is 1.24. The Balaban J connectivity index is 0.00000169. The molecule has 0 bridgehead atoms. The average Bonchev–Trinajstić information content (AvgIpc) is 2.15. The van der Waals surface area contributed by atoms with Crippen molar-refractivity contribution in [2.24, 2.45) is 0 Å². The second kappa shape index (κ2) is 6.34. The second-order valence-electron chi connectivity index (χ2n) is 2.75. The molecular weight excluding hydrogens is 204 g/mol. The maximum Gasteiger partial charge on any atom is 0.317 e. The monoisotopic (exact) mass is 216 g/mol. The van der Waals surface area contributed by atoms with E-state index in [-0.39, 0.29) is 25.0 Å². The first-order chi connectivity index (χ1) is 6.20. The molecule has 0 aliphatic rings. The van der Waals surface area contributed by atoms with Gasteiger partial charge in [-0.05, 0) is 19.1 Å². The normalized spacial score (nSPS) is 11.5. The minimum Gasteiger partial charge on any atom is -0.480 e. The van der Waals surface area contributed by atoms with Crippen LogP contribution in [0.3, 0.4) is 0 Å². The third-order valence-electron chi connectivity index (χ3n) is 1.69. The number of carbonyl (C=O) groups is 1. The SMILES string of the molecule is C[C@@H](NCC(=O)O)c1ccccn1.Cl. The lowest BCUT2D eigenvalue weighted by atomic mass is 10.2. The molecule has 1 heterocycles. The van der Waals surface area contributed by atoms with Crippen molar-refractivity contribution in [2.45, 2.75) is 13.0 Å². The fourth-order valence-electron chi connectivity index (χ4n) is 0.977. The van der Waals surface area contributed by atoms with Crippen molar-refractivity contribution in [2.75, 3.05) is 6.54 Å². The number of hydrogen-bond donors (Lipinski definition) is 2. The van der Waals surface area contributed by atoms with Crippen molar-refractivity contribution in [3.05, 3.63) is 30.1 Å². The van der Waals surface area contributed by atoms with Crippen LogP contribution >= 0.6 is 12.4 Å². The number of carboxylic acids is 1.